The number of hydrogen-bond donors (Lipinski definition) is 2. The van der Waals surface area contributed by atoms with Crippen LogP contribution in [0.2, 0.25) is 0 Å². The third-order valence-electron chi connectivity index (χ3n) is 5.18. The number of carbonyl (C=O) groups excluding carboxylic acids is 2. The number of halogens is 1. The minimum atomic E-state index is -0.793. The number of nitrogens with zero attached hydrogens (tertiary/aromatic N) is 2. The number of aryl methyl sites for hydroxylation is 1. The molecule has 3 rings (SSSR count). The summed E-state index contributed by atoms with van der Waals surface area (Å²) in [4.78, 5) is 29.1. The van der Waals surface area contributed by atoms with E-state index in [1.807, 2.05) is 19.0 Å². The number of likely N-dealkylation sites (tertiary alicyclic amines) is 1. The zero-order valence-corrected chi connectivity index (χ0v) is 17.2. The van der Waals surface area contributed by atoms with Crippen LogP contribution in [0, 0.1) is 12.7 Å². The molecule has 1 atom stereocenters. The van der Waals surface area contributed by atoms with E-state index in [0.717, 1.165) is 6.54 Å². The number of Topliss-reactive ketones (excluding diaryl/α,β-unsaturated/α-hetero) is 1. The quantitative estimate of drug-likeness (QED) is 0.433. The first kappa shape index (κ1) is 21.5. The molecule has 6 nitrogen and oxygen atoms in total. The van der Waals surface area contributed by atoms with Crippen LogP contribution in [0.1, 0.15) is 29.2 Å². The van der Waals surface area contributed by atoms with Gasteiger partial charge in [0.25, 0.3) is 11.7 Å². The second-order valence-electron chi connectivity index (χ2n) is 7.70. The first-order valence-electron chi connectivity index (χ1n) is 9.69. The number of hydrogen-bond acceptors (Lipinski definition) is 5. The van der Waals surface area contributed by atoms with Crippen LogP contribution in [-0.2, 0) is 9.59 Å². The Morgan fingerprint density at radius 1 is 1.13 bits per heavy atom. The number of amides is 1. The van der Waals surface area contributed by atoms with E-state index in [2.05, 4.69) is 0 Å². The highest BCUT2D eigenvalue weighted by Crippen LogP contribution is 2.40. The normalized spacial score (nSPS) is 18.4. The molecule has 2 aromatic rings. The number of carbonyl (C=O) groups is 2. The number of rotatable bonds is 6. The van der Waals surface area contributed by atoms with E-state index in [9.17, 15) is 24.2 Å². The summed E-state index contributed by atoms with van der Waals surface area (Å²) in [6, 6.07) is 9.42. The topological polar surface area (TPSA) is 81.1 Å². The summed E-state index contributed by atoms with van der Waals surface area (Å²) in [6.45, 7) is 2.61. The molecule has 1 heterocycles. The van der Waals surface area contributed by atoms with Crippen LogP contribution >= 0.6 is 0 Å². The number of aliphatic hydroxyl groups excluding tert-OH is 1. The second kappa shape index (κ2) is 8.67. The molecule has 1 amide bonds. The van der Waals surface area contributed by atoms with Gasteiger partial charge >= 0.3 is 0 Å². The molecule has 1 fully saturated rings. The Kier molecular flexibility index (Phi) is 6.22. The van der Waals surface area contributed by atoms with Gasteiger partial charge in [-0.1, -0.05) is 12.1 Å². The molecule has 1 unspecified atom stereocenters. The fourth-order valence-electron chi connectivity index (χ4n) is 3.62. The van der Waals surface area contributed by atoms with Crippen molar-refractivity contribution in [2.24, 2.45) is 0 Å². The molecule has 0 radical (unpaired) electrons. The summed E-state index contributed by atoms with van der Waals surface area (Å²) >= 11 is 0. The second-order valence-corrected chi connectivity index (χ2v) is 7.70. The van der Waals surface area contributed by atoms with Gasteiger partial charge in [0.05, 0.1) is 11.6 Å². The number of ketones is 1. The van der Waals surface area contributed by atoms with Gasteiger partial charge in [-0.05, 0) is 75.4 Å². The molecule has 0 aromatic heterocycles. The van der Waals surface area contributed by atoms with Gasteiger partial charge in [-0.3, -0.25) is 9.59 Å². The molecule has 30 heavy (non-hydrogen) atoms. The van der Waals surface area contributed by atoms with E-state index in [-0.39, 0.29) is 22.6 Å². The lowest BCUT2D eigenvalue weighted by atomic mass is 9.94. The summed E-state index contributed by atoms with van der Waals surface area (Å²) in [6.07, 6.45) is 0.643. The van der Waals surface area contributed by atoms with Crippen LogP contribution in [-0.4, -0.2) is 58.9 Å². The Morgan fingerprint density at radius 3 is 2.40 bits per heavy atom. The lowest BCUT2D eigenvalue weighted by Gasteiger charge is -2.26. The van der Waals surface area contributed by atoms with Crippen molar-refractivity contribution in [1.82, 2.24) is 9.80 Å². The summed E-state index contributed by atoms with van der Waals surface area (Å²) in [7, 11) is 3.84. The van der Waals surface area contributed by atoms with Crippen molar-refractivity contribution < 1.29 is 24.2 Å². The first-order chi connectivity index (χ1) is 14.2. The Hall–Kier alpha value is -3.19. The molecule has 1 aliphatic rings. The van der Waals surface area contributed by atoms with Gasteiger partial charge in [-0.25, -0.2) is 4.39 Å². The molecule has 1 aliphatic heterocycles. The van der Waals surface area contributed by atoms with Crippen LogP contribution in [0.3, 0.4) is 0 Å². The van der Waals surface area contributed by atoms with Gasteiger partial charge in [-0.2, -0.15) is 0 Å². The van der Waals surface area contributed by atoms with Crippen molar-refractivity contribution in [1.29, 1.82) is 0 Å². The molecule has 2 aromatic carbocycles. The van der Waals surface area contributed by atoms with Crippen LogP contribution in [0.4, 0.5) is 4.39 Å². The highest BCUT2D eigenvalue weighted by Gasteiger charge is 2.45. The van der Waals surface area contributed by atoms with Gasteiger partial charge in [0.1, 0.15) is 17.3 Å². The molecule has 158 valence electrons. The van der Waals surface area contributed by atoms with Crippen molar-refractivity contribution in [3.8, 4) is 5.75 Å². The van der Waals surface area contributed by atoms with Gasteiger partial charge in [-0.15, -0.1) is 0 Å². The van der Waals surface area contributed by atoms with Crippen molar-refractivity contribution in [2.75, 3.05) is 27.2 Å². The smallest absolute Gasteiger partial charge is 0.295 e. The zero-order chi connectivity index (χ0) is 22.0. The average molecular weight is 412 g/mol. The standard InChI is InChI=1S/C23H25FN2O4/c1-14-13-16(7-10-18(14)24)21(28)19-20(15-5-8-17(27)9-6-15)26(23(30)22(19)29)12-4-11-25(2)3/h5-10,13,20,27-28H,4,11-12H2,1-3H3/b21-19-. The maximum Gasteiger partial charge on any atom is 0.295 e. The van der Waals surface area contributed by atoms with Gasteiger partial charge in [0.2, 0.25) is 0 Å². The predicted molar refractivity (Wildman–Crippen MR) is 111 cm³/mol. The molecule has 0 aliphatic carbocycles. The lowest BCUT2D eigenvalue weighted by molar-refractivity contribution is -0.139. The highest BCUT2D eigenvalue weighted by molar-refractivity contribution is 6.46. The minimum Gasteiger partial charge on any atom is -0.508 e. The summed E-state index contributed by atoms with van der Waals surface area (Å²) in [5, 5.41) is 20.6. The number of phenols is 1. The predicted octanol–water partition coefficient (Wildman–Crippen LogP) is 3.21. The maximum absolute atomic E-state index is 13.7. The molecule has 7 heteroatoms. The van der Waals surface area contributed by atoms with E-state index >= 15 is 0 Å². The van der Waals surface area contributed by atoms with Crippen LogP contribution in [0.25, 0.3) is 5.76 Å². The lowest BCUT2D eigenvalue weighted by Crippen LogP contribution is -2.32. The van der Waals surface area contributed by atoms with Crippen molar-refractivity contribution in [3.63, 3.8) is 0 Å². The number of benzene rings is 2. The van der Waals surface area contributed by atoms with Gasteiger partial charge < -0.3 is 20.0 Å². The van der Waals surface area contributed by atoms with E-state index in [0.29, 0.717) is 24.1 Å². The monoisotopic (exact) mass is 412 g/mol. The average Bonchev–Trinajstić information content (AvgIpc) is 2.95. The highest BCUT2D eigenvalue weighted by atomic mass is 19.1. The third-order valence-corrected chi connectivity index (χ3v) is 5.18. The van der Waals surface area contributed by atoms with Gasteiger partial charge in [0, 0.05) is 12.1 Å². The van der Waals surface area contributed by atoms with E-state index in [4.69, 9.17) is 0 Å². The van der Waals surface area contributed by atoms with Crippen LogP contribution < -0.4 is 0 Å². The Balaban J connectivity index is 2.10. The van der Waals surface area contributed by atoms with Crippen LogP contribution in [0.5, 0.6) is 5.75 Å². The SMILES string of the molecule is Cc1cc(/C(O)=C2/C(=O)C(=O)N(CCCN(C)C)C2c2ccc(O)cc2)ccc1F. The van der Waals surface area contributed by atoms with Crippen molar-refractivity contribution in [3.05, 3.63) is 70.5 Å². The summed E-state index contributed by atoms with van der Waals surface area (Å²) in [5.74, 6) is -2.18. The summed E-state index contributed by atoms with van der Waals surface area (Å²) in [5.41, 5.74) is 1.14. The van der Waals surface area contributed by atoms with E-state index in [1.165, 1.54) is 35.2 Å². The molecular weight excluding hydrogens is 387 g/mol. The molecule has 1 saturated heterocycles. The Bertz CT molecular complexity index is 999. The number of aliphatic hydroxyl groups is 1. The Morgan fingerprint density at radius 2 is 1.80 bits per heavy atom. The number of aromatic hydroxyl groups is 1. The van der Waals surface area contributed by atoms with Crippen LogP contribution in [0.15, 0.2) is 48.0 Å². The molecule has 0 bridgehead atoms. The van der Waals surface area contributed by atoms with E-state index in [1.54, 1.807) is 19.1 Å². The molecule has 0 saturated carbocycles. The maximum atomic E-state index is 13.7. The molecule has 0 spiro atoms. The molecular formula is C23H25FN2O4. The minimum absolute atomic E-state index is 0.0402. The van der Waals surface area contributed by atoms with Crippen molar-refractivity contribution in [2.45, 2.75) is 19.4 Å². The largest absolute Gasteiger partial charge is 0.508 e. The Labute approximate surface area is 174 Å². The third kappa shape index (κ3) is 4.21. The zero-order valence-electron chi connectivity index (χ0n) is 17.2. The fourth-order valence-corrected chi connectivity index (χ4v) is 3.62. The first-order valence-corrected chi connectivity index (χ1v) is 9.69. The number of phenolic OH excluding ortho intramolecular Hbond substituents is 1. The molecule has 2 N–H and O–H groups in total. The van der Waals surface area contributed by atoms with E-state index < -0.39 is 23.5 Å². The summed E-state index contributed by atoms with van der Waals surface area (Å²) < 4.78 is 13.7. The van der Waals surface area contributed by atoms with Gasteiger partial charge in [0.15, 0.2) is 0 Å². The fraction of sp³-hybridized carbons (Fsp3) is 0.304. The van der Waals surface area contributed by atoms with Crippen molar-refractivity contribution >= 4 is 17.4 Å².